The van der Waals surface area contributed by atoms with Gasteiger partial charge in [-0.1, -0.05) is 41.9 Å². The molecule has 0 heterocycles. The number of halogens is 1. The number of para-hydroxylation sites is 1. The van der Waals surface area contributed by atoms with Crippen LogP contribution in [0.2, 0.25) is 5.02 Å². The van der Waals surface area contributed by atoms with E-state index in [0.29, 0.717) is 22.9 Å². The van der Waals surface area contributed by atoms with E-state index >= 15 is 0 Å². The van der Waals surface area contributed by atoms with Crippen molar-refractivity contribution in [1.82, 2.24) is 0 Å². The SMILES string of the molecule is O=C(Oc1ccc(Cl)cc1)c1ccc(COc2ccccc2)cc1. The molecule has 0 aliphatic carbocycles. The molecule has 0 N–H and O–H groups in total. The maximum Gasteiger partial charge on any atom is 0.343 e. The highest BCUT2D eigenvalue weighted by Crippen LogP contribution is 2.17. The van der Waals surface area contributed by atoms with Crippen molar-refractivity contribution in [2.45, 2.75) is 6.61 Å². The lowest BCUT2D eigenvalue weighted by molar-refractivity contribution is 0.0734. The molecule has 24 heavy (non-hydrogen) atoms. The summed E-state index contributed by atoms with van der Waals surface area (Å²) in [4.78, 5) is 12.1. The van der Waals surface area contributed by atoms with E-state index in [2.05, 4.69) is 0 Å². The second-order valence-corrected chi connectivity index (χ2v) is 5.58. The zero-order valence-electron chi connectivity index (χ0n) is 12.8. The van der Waals surface area contributed by atoms with Gasteiger partial charge in [-0.3, -0.25) is 0 Å². The van der Waals surface area contributed by atoms with Gasteiger partial charge < -0.3 is 9.47 Å². The van der Waals surface area contributed by atoms with E-state index in [1.165, 1.54) is 0 Å². The Kier molecular flexibility index (Phi) is 5.14. The van der Waals surface area contributed by atoms with Gasteiger partial charge in [-0.2, -0.15) is 0 Å². The van der Waals surface area contributed by atoms with Crippen LogP contribution in [0.1, 0.15) is 15.9 Å². The van der Waals surface area contributed by atoms with Crippen molar-refractivity contribution in [1.29, 1.82) is 0 Å². The summed E-state index contributed by atoms with van der Waals surface area (Å²) in [5.74, 6) is 0.859. The minimum absolute atomic E-state index is 0.409. The first kappa shape index (κ1) is 16.1. The third kappa shape index (κ3) is 4.37. The molecule has 3 nitrogen and oxygen atoms in total. The van der Waals surface area contributed by atoms with E-state index in [0.717, 1.165) is 11.3 Å². The first-order valence-electron chi connectivity index (χ1n) is 7.45. The minimum Gasteiger partial charge on any atom is -0.489 e. The van der Waals surface area contributed by atoms with Crippen LogP contribution in [0.25, 0.3) is 0 Å². The maximum atomic E-state index is 12.1. The fourth-order valence-electron chi connectivity index (χ4n) is 2.09. The molecular formula is C20H15ClO3. The number of carbonyl (C=O) groups is 1. The smallest absolute Gasteiger partial charge is 0.343 e. The fraction of sp³-hybridized carbons (Fsp3) is 0.0500. The zero-order valence-corrected chi connectivity index (χ0v) is 13.6. The third-order valence-corrected chi connectivity index (χ3v) is 3.61. The largest absolute Gasteiger partial charge is 0.489 e. The van der Waals surface area contributed by atoms with Gasteiger partial charge in [0.25, 0.3) is 0 Å². The van der Waals surface area contributed by atoms with Gasteiger partial charge >= 0.3 is 5.97 Å². The molecule has 3 aromatic carbocycles. The number of esters is 1. The third-order valence-electron chi connectivity index (χ3n) is 3.36. The number of ether oxygens (including phenoxy) is 2. The molecule has 0 spiro atoms. The Hall–Kier alpha value is -2.78. The normalized spacial score (nSPS) is 10.2. The highest BCUT2D eigenvalue weighted by atomic mass is 35.5. The summed E-state index contributed by atoms with van der Waals surface area (Å²) in [5, 5.41) is 0.595. The van der Waals surface area contributed by atoms with E-state index in [1.807, 2.05) is 42.5 Å². The summed E-state index contributed by atoms with van der Waals surface area (Å²) in [5.41, 5.74) is 1.45. The Morgan fingerprint density at radius 3 is 2.12 bits per heavy atom. The van der Waals surface area contributed by atoms with Crippen molar-refractivity contribution in [2.24, 2.45) is 0 Å². The molecule has 0 bridgehead atoms. The number of hydrogen-bond acceptors (Lipinski definition) is 3. The van der Waals surface area contributed by atoms with Crippen molar-refractivity contribution in [3.8, 4) is 11.5 Å². The van der Waals surface area contributed by atoms with Crippen LogP contribution in [0.15, 0.2) is 78.9 Å². The molecule has 0 saturated heterocycles. The predicted octanol–water partition coefficient (Wildman–Crippen LogP) is 5.14. The van der Waals surface area contributed by atoms with Gasteiger partial charge in [-0.05, 0) is 54.1 Å². The van der Waals surface area contributed by atoms with Crippen molar-refractivity contribution in [3.63, 3.8) is 0 Å². The molecule has 0 fully saturated rings. The molecule has 0 radical (unpaired) electrons. The molecular weight excluding hydrogens is 324 g/mol. The van der Waals surface area contributed by atoms with Crippen molar-refractivity contribution in [2.75, 3.05) is 0 Å². The van der Waals surface area contributed by atoms with Crippen molar-refractivity contribution < 1.29 is 14.3 Å². The lowest BCUT2D eigenvalue weighted by Crippen LogP contribution is -2.08. The highest BCUT2D eigenvalue weighted by Gasteiger charge is 2.08. The summed E-state index contributed by atoms with van der Waals surface area (Å²) in [6, 6.07) is 23.4. The van der Waals surface area contributed by atoms with Gasteiger partial charge in [0.2, 0.25) is 0 Å². The topological polar surface area (TPSA) is 35.5 Å². The standard InChI is InChI=1S/C20H15ClO3/c21-17-10-12-19(13-11-17)24-20(22)16-8-6-15(7-9-16)14-23-18-4-2-1-3-5-18/h1-13H,14H2. The van der Waals surface area contributed by atoms with Crippen molar-refractivity contribution >= 4 is 17.6 Å². The lowest BCUT2D eigenvalue weighted by Gasteiger charge is -2.07. The Balaban J connectivity index is 1.59. The lowest BCUT2D eigenvalue weighted by atomic mass is 10.1. The van der Waals surface area contributed by atoms with Gasteiger partial charge in [0, 0.05) is 5.02 Å². The van der Waals surface area contributed by atoms with Crippen LogP contribution in [-0.4, -0.2) is 5.97 Å². The van der Waals surface area contributed by atoms with E-state index in [9.17, 15) is 4.79 Å². The number of hydrogen-bond donors (Lipinski definition) is 0. The van der Waals surface area contributed by atoms with Crippen LogP contribution in [0.4, 0.5) is 0 Å². The Bertz CT molecular complexity index is 797. The van der Waals surface area contributed by atoms with E-state index in [4.69, 9.17) is 21.1 Å². The summed E-state index contributed by atoms with van der Waals surface area (Å²) >= 11 is 5.80. The molecule has 0 atom stereocenters. The summed E-state index contributed by atoms with van der Waals surface area (Å²) in [6.07, 6.45) is 0. The number of carbonyl (C=O) groups excluding carboxylic acids is 1. The zero-order chi connectivity index (χ0) is 16.8. The molecule has 0 aliphatic rings. The van der Waals surface area contributed by atoms with Crippen LogP contribution in [0.5, 0.6) is 11.5 Å². The van der Waals surface area contributed by atoms with Crippen LogP contribution >= 0.6 is 11.6 Å². The molecule has 4 heteroatoms. The molecule has 0 amide bonds. The minimum atomic E-state index is -0.409. The van der Waals surface area contributed by atoms with E-state index in [1.54, 1.807) is 36.4 Å². The van der Waals surface area contributed by atoms with Gasteiger partial charge in [0.15, 0.2) is 0 Å². The Morgan fingerprint density at radius 1 is 0.792 bits per heavy atom. The van der Waals surface area contributed by atoms with Crippen LogP contribution < -0.4 is 9.47 Å². The fourth-order valence-corrected chi connectivity index (χ4v) is 2.22. The summed E-state index contributed by atoms with van der Waals surface area (Å²) in [6.45, 7) is 0.441. The molecule has 0 saturated carbocycles. The number of rotatable bonds is 5. The van der Waals surface area contributed by atoms with E-state index < -0.39 is 5.97 Å². The monoisotopic (exact) mass is 338 g/mol. The van der Waals surface area contributed by atoms with E-state index in [-0.39, 0.29) is 0 Å². The predicted molar refractivity (Wildman–Crippen MR) is 93.6 cm³/mol. The summed E-state index contributed by atoms with van der Waals surface area (Å²) in [7, 11) is 0. The second kappa shape index (κ2) is 7.66. The molecule has 3 rings (SSSR count). The van der Waals surface area contributed by atoms with Crippen LogP contribution in [-0.2, 0) is 6.61 Å². The second-order valence-electron chi connectivity index (χ2n) is 5.14. The Labute approximate surface area is 145 Å². The van der Waals surface area contributed by atoms with Gasteiger partial charge in [0.1, 0.15) is 18.1 Å². The van der Waals surface area contributed by atoms with Gasteiger partial charge in [-0.25, -0.2) is 4.79 Å². The van der Waals surface area contributed by atoms with Gasteiger partial charge in [0.05, 0.1) is 5.56 Å². The first-order valence-corrected chi connectivity index (χ1v) is 7.83. The first-order chi connectivity index (χ1) is 11.7. The Morgan fingerprint density at radius 2 is 1.46 bits per heavy atom. The number of benzene rings is 3. The van der Waals surface area contributed by atoms with Crippen LogP contribution in [0, 0.1) is 0 Å². The quantitative estimate of drug-likeness (QED) is 0.477. The molecule has 0 aromatic heterocycles. The average molecular weight is 339 g/mol. The molecule has 0 unspecified atom stereocenters. The van der Waals surface area contributed by atoms with Gasteiger partial charge in [-0.15, -0.1) is 0 Å². The highest BCUT2D eigenvalue weighted by molar-refractivity contribution is 6.30. The maximum absolute atomic E-state index is 12.1. The summed E-state index contributed by atoms with van der Waals surface area (Å²) < 4.78 is 11.0. The molecule has 0 aliphatic heterocycles. The molecule has 120 valence electrons. The average Bonchev–Trinajstić information content (AvgIpc) is 2.63. The molecule has 3 aromatic rings. The van der Waals surface area contributed by atoms with Crippen molar-refractivity contribution in [3.05, 3.63) is 95.0 Å². The van der Waals surface area contributed by atoms with Crippen LogP contribution in [0.3, 0.4) is 0 Å².